The number of rotatable bonds is 5. The van der Waals surface area contributed by atoms with Crippen molar-refractivity contribution in [2.45, 2.75) is 26.4 Å². The van der Waals surface area contributed by atoms with E-state index in [0.29, 0.717) is 31.1 Å². The number of anilines is 1. The summed E-state index contributed by atoms with van der Waals surface area (Å²) in [5, 5.41) is 2.68. The van der Waals surface area contributed by atoms with Crippen LogP contribution in [0, 0.1) is 0 Å². The van der Waals surface area contributed by atoms with E-state index in [4.69, 9.17) is 9.47 Å². The standard InChI is InChI=1S/C16H22N2O4/c1-3-14-10-18(8-9-21-14)16(20)11-22-15-6-4-13(5-7-15)17-12(2)19/h4-7,14H,3,8-11H2,1-2H3,(H,17,19)/t14-/m0/s1. The van der Waals surface area contributed by atoms with Gasteiger partial charge in [0.25, 0.3) is 5.91 Å². The summed E-state index contributed by atoms with van der Waals surface area (Å²) in [6.45, 7) is 5.33. The van der Waals surface area contributed by atoms with E-state index in [1.807, 2.05) is 6.92 Å². The summed E-state index contributed by atoms with van der Waals surface area (Å²) < 4.78 is 11.1. The number of carbonyl (C=O) groups excluding carboxylic acids is 2. The highest BCUT2D eigenvalue weighted by Crippen LogP contribution is 2.16. The van der Waals surface area contributed by atoms with E-state index in [-0.39, 0.29) is 24.5 Å². The number of hydrogen-bond acceptors (Lipinski definition) is 4. The van der Waals surface area contributed by atoms with Crippen LogP contribution < -0.4 is 10.1 Å². The predicted octanol–water partition coefficient (Wildman–Crippen LogP) is 1.66. The van der Waals surface area contributed by atoms with Crippen molar-refractivity contribution in [1.29, 1.82) is 0 Å². The molecule has 6 heteroatoms. The van der Waals surface area contributed by atoms with Crippen LogP contribution in [0.3, 0.4) is 0 Å². The fourth-order valence-corrected chi connectivity index (χ4v) is 2.27. The molecule has 1 atom stereocenters. The average Bonchev–Trinajstić information content (AvgIpc) is 2.53. The summed E-state index contributed by atoms with van der Waals surface area (Å²) in [7, 11) is 0. The molecule has 22 heavy (non-hydrogen) atoms. The number of benzene rings is 1. The quantitative estimate of drug-likeness (QED) is 0.898. The molecule has 120 valence electrons. The van der Waals surface area contributed by atoms with E-state index < -0.39 is 0 Å². The summed E-state index contributed by atoms with van der Waals surface area (Å²) in [6, 6.07) is 6.94. The lowest BCUT2D eigenvalue weighted by Gasteiger charge is -2.32. The van der Waals surface area contributed by atoms with E-state index in [9.17, 15) is 9.59 Å². The molecule has 1 aromatic carbocycles. The fraction of sp³-hybridized carbons (Fsp3) is 0.500. The lowest BCUT2D eigenvalue weighted by atomic mass is 10.2. The van der Waals surface area contributed by atoms with Crippen molar-refractivity contribution in [2.75, 3.05) is 31.6 Å². The molecular formula is C16H22N2O4. The molecule has 0 aliphatic carbocycles. The van der Waals surface area contributed by atoms with Gasteiger partial charge in [0.1, 0.15) is 5.75 Å². The molecule has 1 aromatic rings. The van der Waals surface area contributed by atoms with Gasteiger partial charge in [0.05, 0.1) is 12.7 Å². The Kier molecular flexibility index (Phi) is 5.77. The minimum Gasteiger partial charge on any atom is -0.484 e. The maximum Gasteiger partial charge on any atom is 0.260 e. The molecule has 6 nitrogen and oxygen atoms in total. The molecular weight excluding hydrogens is 284 g/mol. The first-order valence-corrected chi connectivity index (χ1v) is 7.48. The molecule has 0 saturated carbocycles. The summed E-state index contributed by atoms with van der Waals surface area (Å²) >= 11 is 0. The van der Waals surface area contributed by atoms with E-state index in [1.54, 1.807) is 29.2 Å². The molecule has 0 aromatic heterocycles. The Morgan fingerprint density at radius 1 is 1.36 bits per heavy atom. The molecule has 1 saturated heterocycles. The predicted molar refractivity (Wildman–Crippen MR) is 82.9 cm³/mol. The van der Waals surface area contributed by atoms with Crippen LogP contribution in [0.15, 0.2) is 24.3 Å². The van der Waals surface area contributed by atoms with Crippen LogP contribution >= 0.6 is 0 Å². The van der Waals surface area contributed by atoms with Crippen LogP contribution in [0.1, 0.15) is 20.3 Å². The highest BCUT2D eigenvalue weighted by molar-refractivity contribution is 5.88. The number of amides is 2. The Balaban J connectivity index is 1.81. The van der Waals surface area contributed by atoms with Gasteiger partial charge < -0.3 is 19.7 Å². The molecule has 1 fully saturated rings. The fourth-order valence-electron chi connectivity index (χ4n) is 2.27. The Bertz CT molecular complexity index is 515. The van der Waals surface area contributed by atoms with Crippen molar-refractivity contribution in [2.24, 2.45) is 0 Å². The highest BCUT2D eigenvalue weighted by atomic mass is 16.5. The molecule has 0 bridgehead atoms. The van der Waals surface area contributed by atoms with Crippen molar-refractivity contribution in [3.05, 3.63) is 24.3 Å². The Morgan fingerprint density at radius 2 is 2.09 bits per heavy atom. The smallest absolute Gasteiger partial charge is 0.260 e. The average molecular weight is 306 g/mol. The molecule has 2 amide bonds. The third-order valence-electron chi connectivity index (χ3n) is 3.48. The lowest BCUT2D eigenvalue weighted by molar-refractivity contribution is -0.141. The normalized spacial score (nSPS) is 17.9. The maximum atomic E-state index is 12.1. The molecule has 2 rings (SSSR count). The van der Waals surface area contributed by atoms with Gasteiger partial charge in [0, 0.05) is 25.7 Å². The zero-order valence-electron chi connectivity index (χ0n) is 13.0. The zero-order valence-corrected chi connectivity index (χ0v) is 13.0. The second-order valence-electron chi connectivity index (χ2n) is 5.24. The first-order valence-electron chi connectivity index (χ1n) is 7.48. The Hall–Kier alpha value is -2.08. The minimum absolute atomic E-state index is 0.00984. The number of carbonyl (C=O) groups is 2. The van der Waals surface area contributed by atoms with E-state index in [1.165, 1.54) is 6.92 Å². The highest BCUT2D eigenvalue weighted by Gasteiger charge is 2.23. The molecule has 0 radical (unpaired) electrons. The number of nitrogens with one attached hydrogen (secondary N) is 1. The van der Waals surface area contributed by atoms with E-state index in [2.05, 4.69) is 5.32 Å². The number of morpholine rings is 1. The van der Waals surface area contributed by atoms with Gasteiger partial charge in [-0.1, -0.05) is 6.92 Å². The van der Waals surface area contributed by atoms with E-state index >= 15 is 0 Å². The molecule has 0 spiro atoms. The third kappa shape index (κ3) is 4.73. The van der Waals surface area contributed by atoms with Gasteiger partial charge in [-0.05, 0) is 30.7 Å². The van der Waals surface area contributed by atoms with Gasteiger partial charge in [-0.25, -0.2) is 0 Å². The van der Waals surface area contributed by atoms with Gasteiger partial charge in [-0.2, -0.15) is 0 Å². The van der Waals surface area contributed by atoms with Crippen LogP contribution in [0.25, 0.3) is 0 Å². The van der Waals surface area contributed by atoms with Crippen LogP contribution in [-0.2, 0) is 14.3 Å². The second-order valence-corrected chi connectivity index (χ2v) is 5.24. The topological polar surface area (TPSA) is 67.9 Å². The first-order chi connectivity index (χ1) is 10.6. The number of nitrogens with zero attached hydrogens (tertiary/aromatic N) is 1. The van der Waals surface area contributed by atoms with Gasteiger partial charge in [0.2, 0.25) is 5.91 Å². The summed E-state index contributed by atoms with van der Waals surface area (Å²) in [5.41, 5.74) is 0.699. The maximum absolute atomic E-state index is 12.1. The van der Waals surface area contributed by atoms with Crippen molar-refractivity contribution in [3.63, 3.8) is 0 Å². The Morgan fingerprint density at radius 3 is 2.73 bits per heavy atom. The van der Waals surface area contributed by atoms with Gasteiger partial charge in [-0.15, -0.1) is 0 Å². The molecule has 1 aliphatic heterocycles. The summed E-state index contributed by atoms with van der Waals surface area (Å²) in [6.07, 6.45) is 1.02. The Labute approximate surface area is 130 Å². The minimum atomic E-state index is -0.123. The van der Waals surface area contributed by atoms with Gasteiger partial charge in [0.15, 0.2) is 6.61 Å². The van der Waals surface area contributed by atoms with Gasteiger partial charge in [-0.3, -0.25) is 9.59 Å². The van der Waals surface area contributed by atoms with Crippen LogP contribution in [0.4, 0.5) is 5.69 Å². The van der Waals surface area contributed by atoms with Gasteiger partial charge >= 0.3 is 0 Å². The zero-order chi connectivity index (χ0) is 15.9. The van der Waals surface area contributed by atoms with Crippen LogP contribution in [-0.4, -0.2) is 49.1 Å². The SMILES string of the molecule is CC[C@H]1CN(C(=O)COc2ccc(NC(C)=O)cc2)CCO1. The van der Waals surface area contributed by atoms with E-state index in [0.717, 1.165) is 6.42 Å². The lowest BCUT2D eigenvalue weighted by Crippen LogP contribution is -2.47. The largest absolute Gasteiger partial charge is 0.484 e. The molecule has 1 N–H and O–H groups in total. The van der Waals surface area contributed by atoms with Crippen molar-refractivity contribution in [1.82, 2.24) is 4.90 Å². The number of ether oxygens (including phenoxy) is 2. The molecule has 0 unspecified atom stereocenters. The van der Waals surface area contributed by atoms with Crippen molar-refractivity contribution in [3.8, 4) is 5.75 Å². The van der Waals surface area contributed by atoms with Crippen LogP contribution in [0.5, 0.6) is 5.75 Å². The third-order valence-corrected chi connectivity index (χ3v) is 3.48. The monoisotopic (exact) mass is 306 g/mol. The molecule has 1 aliphatic rings. The summed E-state index contributed by atoms with van der Waals surface area (Å²) in [5.74, 6) is 0.442. The van der Waals surface area contributed by atoms with Crippen molar-refractivity contribution < 1.29 is 19.1 Å². The second kappa shape index (κ2) is 7.79. The molecule has 1 heterocycles. The first kappa shape index (κ1) is 16.3. The van der Waals surface area contributed by atoms with Crippen LogP contribution in [0.2, 0.25) is 0 Å². The summed E-state index contributed by atoms with van der Waals surface area (Å²) in [4.78, 5) is 24.9. The van der Waals surface area contributed by atoms with Crippen molar-refractivity contribution >= 4 is 17.5 Å². The number of hydrogen-bond donors (Lipinski definition) is 1.